The van der Waals surface area contributed by atoms with Crippen molar-refractivity contribution < 1.29 is 9.59 Å². The molecule has 0 bridgehead atoms. The summed E-state index contributed by atoms with van der Waals surface area (Å²) >= 11 is 0. The molecule has 0 aliphatic heterocycles. The predicted molar refractivity (Wildman–Crippen MR) is 92.4 cm³/mol. The first-order valence-electron chi connectivity index (χ1n) is 7.55. The molecule has 0 saturated carbocycles. The van der Waals surface area contributed by atoms with Crippen molar-refractivity contribution in [1.82, 2.24) is 10.3 Å². The molecule has 0 fully saturated rings. The molecule has 0 unspecified atom stereocenters. The lowest BCUT2D eigenvalue weighted by molar-refractivity contribution is 0.0946. The van der Waals surface area contributed by atoms with Gasteiger partial charge in [-0.15, -0.1) is 0 Å². The molecule has 4 N–H and O–H groups in total. The maximum Gasteiger partial charge on any atom is 0.268 e. The zero-order valence-corrected chi connectivity index (χ0v) is 13.0. The van der Waals surface area contributed by atoms with Gasteiger partial charge in [-0.3, -0.25) is 9.59 Å². The average Bonchev–Trinajstić information content (AvgIpc) is 3.10. The quantitative estimate of drug-likeness (QED) is 0.675. The normalized spacial score (nSPS) is 10.3. The van der Waals surface area contributed by atoms with E-state index in [9.17, 15) is 9.59 Å². The SMILES string of the molecule is NC(=O)c1cccc(CNC(=O)c2[nH]ccc2-c2ccccc2)c1. The smallest absolute Gasteiger partial charge is 0.268 e. The van der Waals surface area contributed by atoms with Gasteiger partial charge in [0.05, 0.1) is 0 Å². The number of H-pyrrole nitrogens is 1. The van der Waals surface area contributed by atoms with Gasteiger partial charge in [-0.2, -0.15) is 0 Å². The Hall–Kier alpha value is -3.34. The number of nitrogens with two attached hydrogens (primary N) is 1. The van der Waals surface area contributed by atoms with Gasteiger partial charge in [-0.25, -0.2) is 0 Å². The fourth-order valence-corrected chi connectivity index (χ4v) is 2.52. The highest BCUT2D eigenvalue weighted by Crippen LogP contribution is 2.22. The molecular weight excluding hydrogens is 302 g/mol. The minimum absolute atomic E-state index is 0.205. The summed E-state index contributed by atoms with van der Waals surface area (Å²) in [6.45, 7) is 0.313. The minimum Gasteiger partial charge on any atom is -0.366 e. The number of nitrogens with one attached hydrogen (secondary N) is 2. The highest BCUT2D eigenvalue weighted by atomic mass is 16.2. The fraction of sp³-hybridized carbons (Fsp3) is 0.0526. The van der Waals surface area contributed by atoms with Crippen molar-refractivity contribution in [1.29, 1.82) is 0 Å². The molecule has 2 amide bonds. The summed E-state index contributed by atoms with van der Waals surface area (Å²) in [7, 11) is 0. The third kappa shape index (κ3) is 3.35. The number of hydrogen-bond donors (Lipinski definition) is 3. The summed E-state index contributed by atoms with van der Waals surface area (Å²) in [4.78, 5) is 26.7. The van der Waals surface area contributed by atoms with E-state index in [4.69, 9.17) is 5.73 Å². The van der Waals surface area contributed by atoms with Crippen molar-refractivity contribution in [2.75, 3.05) is 0 Å². The van der Waals surface area contributed by atoms with E-state index < -0.39 is 5.91 Å². The monoisotopic (exact) mass is 319 g/mol. The number of hydrogen-bond acceptors (Lipinski definition) is 2. The lowest BCUT2D eigenvalue weighted by Crippen LogP contribution is -2.24. The van der Waals surface area contributed by atoms with Crippen LogP contribution in [0.2, 0.25) is 0 Å². The van der Waals surface area contributed by atoms with E-state index in [0.717, 1.165) is 16.7 Å². The topological polar surface area (TPSA) is 88.0 Å². The highest BCUT2D eigenvalue weighted by Gasteiger charge is 2.13. The largest absolute Gasteiger partial charge is 0.366 e. The van der Waals surface area contributed by atoms with Crippen molar-refractivity contribution in [3.05, 3.63) is 83.7 Å². The summed E-state index contributed by atoms with van der Waals surface area (Å²) in [6, 6.07) is 18.5. The maximum atomic E-state index is 12.5. The van der Waals surface area contributed by atoms with Crippen LogP contribution in [0.1, 0.15) is 26.4 Å². The van der Waals surface area contributed by atoms with Crippen LogP contribution < -0.4 is 11.1 Å². The van der Waals surface area contributed by atoms with Gasteiger partial charge in [0.2, 0.25) is 5.91 Å². The van der Waals surface area contributed by atoms with E-state index in [1.54, 1.807) is 24.4 Å². The minimum atomic E-state index is -0.487. The number of carbonyl (C=O) groups excluding carboxylic acids is 2. The third-order valence-electron chi connectivity index (χ3n) is 3.72. The Morgan fingerprint density at radius 3 is 2.54 bits per heavy atom. The van der Waals surface area contributed by atoms with Gasteiger partial charge in [0, 0.05) is 23.9 Å². The van der Waals surface area contributed by atoms with Gasteiger partial charge in [0.15, 0.2) is 0 Å². The number of primary amides is 1. The van der Waals surface area contributed by atoms with Gasteiger partial charge >= 0.3 is 0 Å². The lowest BCUT2D eigenvalue weighted by Gasteiger charge is -2.07. The second-order valence-electron chi connectivity index (χ2n) is 5.38. The molecule has 2 aromatic carbocycles. The van der Waals surface area contributed by atoms with E-state index in [1.165, 1.54) is 0 Å². The molecular formula is C19H17N3O2. The molecule has 24 heavy (non-hydrogen) atoms. The molecule has 0 radical (unpaired) electrons. The van der Waals surface area contributed by atoms with Crippen LogP contribution in [0.5, 0.6) is 0 Å². The Bertz CT molecular complexity index is 869. The molecule has 0 aliphatic rings. The Balaban J connectivity index is 1.74. The van der Waals surface area contributed by atoms with E-state index in [-0.39, 0.29) is 5.91 Å². The van der Waals surface area contributed by atoms with Crippen LogP contribution in [0.4, 0.5) is 0 Å². The summed E-state index contributed by atoms with van der Waals surface area (Å²) in [5.74, 6) is -0.692. The van der Waals surface area contributed by atoms with Gasteiger partial charge in [-0.1, -0.05) is 42.5 Å². The molecule has 120 valence electrons. The Morgan fingerprint density at radius 1 is 1.00 bits per heavy atom. The molecule has 5 nitrogen and oxygen atoms in total. The van der Waals surface area contributed by atoms with E-state index in [0.29, 0.717) is 17.8 Å². The van der Waals surface area contributed by atoms with Crippen molar-refractivity contribution in [2.24, 2.45) is 5.73 Å². The Morgan fingerprint density at radius 2 is 1.79 bits per heavy atom. The predicted octanol–water partition coefficient (Wildman–Crippen LogP) is 2.71. The van der Waals surface area contributed by atoms with Crippen LogP contribution >= 0.6 is 0 Å². The summed E-state index contributed by atoms with van der Waals surface area (Å²) in [6.07, 6.45) is 1.74. The molecule has 0 aliphatic carbocycles. The van der Waals surface area contributed by atoms with Crippen molar-refractivity contribution in [2.45, 2.75) is 6.54 Å². The van der Waals surface area contributed by atoms with Gasteiger partial charge in [-0.05, 0) is 29.3 Å². The Labute approximate surface area is 139 Å². The molecule has 3 aromatic rings. The first kappa shape index (κ1) is 15.6. The van der Waals surface area contributed by atoms with Crippen LogP contribution in [-0.2, 0) is 6.54 Å². The maximum absolute atomic E-state index is 12.5. The molecule has 1 heterocycles. The summed E-state index contributed by atoms with van der Waals surface area (Å²) in [5, 5.41) is 2.86. The van der Waals surface area contributed by atoms with Crippen LogP contribution in [0.3, 0.4) is 0 Å². The lowest BCUT2D eigenvalue weighted by atomic mass is 10.1. The second-order valence-corrected chi connectivity index (χ2v) is 5.38. The number of amides is 2. The summed E-state index contributed by atoms with van der Waals surface area (Å²) < 4.78 is 0. The molecule has 1 aromatic heterocycles. The number of benzene rings is 2. The van der Waals surface area contributed by atoms with Crippen LogP contribution in [-0.4, -0.2) is 16.8 Å². The molecule has 0 saturated heterocycles. The molecule has 5 heteroatoms. The molecule has 0 atom stereocenters. The van der Waals surface area contributed by atoms with E-state index >= 15 is 0 Å². The highest BCUT2D eigenvalue weighted by molar-refractivity contribution is 5.99. The number of aromatic amines is 1. The van der Waals surface area contributed by atoms with Crippen molar-refractivity contribution in [3.8, 4) is 11.1 Å². The Kier molecular flexibility index (Phi) is 4.43. The first-order valence-corrected chi connectivity index (χ1v) is 7.55. The zero-order valence-electron chi connectivity index (χ0n) is 13.0. The standard InChI is InChI=1S/C19H17N3O2/c20-18(23)15-8-4-5-13(11-15)12-22-19(24)17-16(9-10-21-17)14-6-2-1-3-7-14/h1-11,21H,12H2,(H2,20,23)(H,22,24). The molecule has 3 rings (SSSR count). The zero-order chi connectivity index (χ0) is 16.9. The average molecular weight is 319 g/mol. The number of carbonyl (C=O) groups is 2. The van der Waals surface area contributed by atoms with Crippen LogP contribution in [0, 0.1) is 0 Å². The van der Waals surface area contributed by atoms with Crippen molar-refractivity contribution in [3.63, 3.8) is 0 Å². The third-order valence-corrected chi connectivity index (χ3v) is 3.72. The second kappa shape index (κ2) is 6.83. The number of aromatic nitrogens is 1. The summed E-state index contributed by atoms with van der Waals surface area (Å²) in [5.41, 5.74) is 8.83. The number of rotatable bonds is 5. The van der Waals surface area contributed by atoms with Gasteiger partial charge in [0.25, 0.3) is 5.91 Å². The van der Waals surface area contributed by atoms with Gasteiger partial charge in [0.1, 0.15) is 5.69 Å². The van der Waals surface area contributed by atoms with Gasteiger partial charge < -0.3 is 16.0 Å². The fourth-order valence-electron chi connectivity index (χ4n) is 2.52. The van der Waals surface area contributed by atoms with Crippen LogP contribution in [0.15, 0.2) is 66.9 Å². The van der Waals surface area contributed by atoms with E-state index in [2.05, 4.69) is 10.3 Å². The van der Waals surface area contributed by atoms with Crippen molar-refractivity contribution >= 4 is 11.8 Å². The van der Waals surface area contributed by atoms with Crippen LogP contribution in [0.25, 0.3) is 11.1 Å². The molecule has 0 spiro atoms. The first-order chi connectivity index (χ1) is 11.6. The van der Waals surface area contributed by atoms with E-state index in [1.807, 2.05) is 42.5 Å².